The van der Waals surface area contributed by atoms with Gasteiger partial charge in [-0.25, -0.2) is 4.39 Å². The van der Waals surface area contributed by atoms with Gasteiger partial charge in [-0.2, -0.15) is 0 Å². The largest absolute Gasteiger partial charge is 0.494 e. The third-order valence-electron chi connectivity index (χ3n) is 4.17. The molecule has 1 aliphatic heterocycles. The highest BCUT2D eigenvalue weighted by Gasteiger charge is 2.16. The number of benzene rings is 2. The number of ether oxygens (including phenoxy) is 2. The Morgan fingerprint density at radius 2 is 2.04 bits per heavy atom. The zero-order valence-corrected chi connectivity index (χ0v) is 16.5. The number of nitrogens with zero attached hydrogens (tertiary/aromatic N) is 1. The van der Waals surface area contributed by atoms with E-state index in [0.29, 0.717) is 24.5 Å². The maximum atomic E-state index is 13.7. The predicted octanol–water partition coefficient (Wildman–Crippen LogP) is 4.09. The molecule has 27 heavy (non-hydrogen) atoms. The maximum Gasteiger partial charge on any atom is 0.248 e. The normalized spacial score (nSPS) is 14.4. The van der Waals surface area contributed by atoms with Gasteiger partial charge in [0.1, 0.15) is 0 Å². The second kappa shape index (κ2) is 9.01. The van der Waals surface area contributed by atoms with Crippen molar-refractivity contribution in [3.8, 4) is 5.75 Å². The molecule has 0 spiro atoms. The van der Waals surface area contributed by atoms with Crippen molar-refractivity contribution in [2.45, 2.75) is 0 Å². The van der Waals surface area contributed by atoms with Crippen molar-refractivity contribution in [3.05, 3.63) is 58.3 Å². The Bertz CT molecular complexity index is 851. The van der Waals surface area contributed by atoms with Crippen LogP contribution in [0, 0.1) is 5.82 Å². The highest BCUT2D eigenvalue weighted by molar-refractivity contribution is 9.10. The van der Waals surface area contributed by atoms with Gasteiger partial charge >= 0.3 is 0 Å². The van der Waals surface area contributed by atoms with Crippen molar-refractivity contribution in [1.82, 2.24) is 0 Å². The minimum Gasteiger partial charge on any atom is -0.494 e. The fourth-order valence-electron chi connectivity index (χ4n) is 2.82. The molecule has 1 heterocycles. The summed E-state index contributed by atoms with van der Waals surface area (Å²) >= 11 is 3.44. The van der Waals surface area contributed by atoms with Gasteiger partial charge in [0.2, 0.25) is 5.91 Å². The van der Waals surface area contributed by atoms with Crippen LogP contribution in [0.25, 0.3) is 6.08 Å². The van der Waals surface area contributed by atoms with Gasteiger partial charge in [0.25, 0.3) is 0 Å². The maximum absolute atomic E-state index is 13.7. The lowest BCUT2D eigenvalue weighted by Gasteiger charge is -2.30. The smallest absolute Gasteiger partial charge is 0.248 e. The molecule has 0 aliphatic carbocycles. The minimum absolute atomic E-state index is 0.167. The zero-order valence-electron chi connectivity index (χ0n) is 14.9. The third-order valence-corrected chi connectivity index (χ3v) is 4.66. The summed E-state index contributed by atoms with van der Waals surface area (Å²) < 4.78 is 24.9. The van der Waals surface area contributed by atoms with Crippen LogP contribution in [-0.2, 0) is 9.53 Å². The molecule has 2 aromatic rings. The van der Waals surface area contributed by atoms with Crippen LogP contribution in [0.5, 0.6) is 5.75 Å². The van der Waals surface area contributed by atoms with Crippen LogP contribution in [0.15, 0.2) is 46.9 Å². The summed E-state index contributed by atoms with van der Waals surface area (Å²) in [5, 5.41) is 2.90. The summed E-state index contributed by atoms with van der Waals surface area (Å²) in [5.74, 6) is -0.596. The van der Waals surface area contributed by atoms with Crippen LogP contribution in [0.4, 0.5) is 15.8 Å². The molecular weight excluding hydrogens is 415 g/mol. The van der Waals surface area contributed by atoms with Crippen molar-refractivity contribution in [2.75, 3.05) is 43.6 Å². The molecule has 1 saturated heterocycles. The quantitative estimate of drug-likeness (QED) is 0.720. The Hall–Kier alpha value is -2.38. The monoisotopic (exact) mass is 434 g/mol. The van der Waals surface area contributed by atoms with E-state index in [1.54, 1.807) is 12.1 Å². The number of anilines is 2. The average molecular weight is 435 g/mol. The highest BCUT2D eigenvalue weighted by Crippen LogP contribution is 2.30. The number of morpholine rings is 1. The van der Waals surface area contributed by atoms with Gasteiger partial charge in [-0.3, -0.25) is 4.79 Å². The molecule has 1 aliphatic rings. The number of halogens is 2. The van der Waals surface area contributed by atoms with E-state index < -0.39 is 5.82 Å². The van der Waals surface area contributed by atoms with E-state index in [-0.39, 0.29) is 11.7 Å². The van der Waals surface area contributed by atoms with Gasteiger partial charge < -0.3 is 19.7 Å². The number of methoxy groups -OCH3 is 1. The lowest BCUT2D eigenvalue weighted by atomic mass is 10.2. The number of carbonyl (C=O) groups is 1. The van der Waals surface area contributed by atoms with Gasteiger partial charge in [0.05, 0.1) is 31.7 Å². The first-order valence-corrected chi connectivity index (χ1v) is 9.31. The number of amides is 1. The van der Waals surface area contributed by atoms with Crippen molar-refractivity contribution in [2.24, 2.45) is 0 Å². The van der Waals surface area contributed by atoms with E-state index >= 15 is 0 Å². The van der Waals surface area contributed by atoms with Gasteiger partial charge in [0, 0.05) is 23.6 Å². The second-order valence-electron chi connectivity index (χ2n) is 5.98. The van der Waals surface area contributed by atoms with Gasteiger partial charge in [0.15, 0.2) is 11.6 Å². The second-order valence-corrected chi connectivity index (χ2v) is 6.89. The Morgan fingerprint density at radius 3 is 2.74 bits per heavy atom. The van der Waals surface area contributed by atoms with Crippen molar-refractivity contribution < 1.29 is 18.7 Å². The van der Waals surface area contributed by atoms with Crippen LogP contribution in [0.3, 0.4) is 0 Å². The number of hydrogen-bond donors (Lipinski definition) is 1. The summed E-state index contributed by atoms with van der Waals surface area (Å²) in [6.45, 7) is 2.86. The molecule has 2 aromatic carbocycles. The highest BCUT2D eigenvalue weighted by atomic mass is 79.9. The van der Waals surface area contributed by atoms with Crippen molar-refractivity contribution in [1.29, 1.82) is 0 Å². The van der Waals surface area contributed by atoms with E-state index in [9.17, 15) is 9.18 Å². The fourth-order valence-corrected chi connectivity index (χ4v) is 3.18. The zero-order chi connectivity index (χ0) is 19.2. The summed E-state index contributed by atoms with van der Waals surface area (Å²) in [4.78, 5) is 14.5. The standard InChI is InChI=1S/C20H20BrFN2O3/c1-26-19-6-2-14(12-16(19)22)3-7-20(25)23-17-13-15(21)4-5-18(17)24-8-10-27-11-9-24/h2-7,12-13H,8-11H2,1H3,(H,23,25). The van der Waals surface area contributed by atoms with E-state index in [2.05, 4.69) is 26.1 Å². The first-order chi connectivity index (χ1) is 13.1. The molecule has 0 aromatic heterocycles. The van der Waals surface area contributed by atoms with Crippen molar-refractivity contribution in [3.63, 3.8) is 0 Å². The van der Waals surface area contributed by atoms with Crippen LogP contribution in [-0.4, -0.2) is 39.3 Å². The first-order valence-electron chi connectivity index (χ1n) is 8.51. The summed E-state index contributed by atoms with van der Waals surface area (Å²) in [6, 6.07) is 10.3. The van der Waals surface area contributed by atoms with E-state index in [4.69, 9.17) is 9.47 Å². The fraction of sp³-hybridized carbons (Fsp3) is 0.250. The molecular formula is C20H20BrFN2O3. The molecule has 1 amide bonds. The van der Waals surface area contributed by atoms with Gasteiger partial charge in [-0.05, 0) is 42.0 Å². The van der Waals surface area contributed by atoms with Gasteiger partial charge in [-0.15, -0.1) is 0 Å². The van der Waals surface area contributed by atoms with Crippen LogP contribution < -0.4 is 15.0 Å². The lowest BCUT2D eigenvalue weighted by molar-refractivity contribution is -0.111. The molecule has 1 N–H and O–H groups in total. The van der Waals surface area contributed by atoms with E-state index in [1.807, 2.05) is 18.2 Å². The lowest BCUT2D eigenvalue weighted by Crippen LogP contribution is -2.36. The summed E-state index contributed by atoms with van der Waals surface area (Å²) in [6.07, 6.45) is 2.94. The molecule has 0 saturated carbocycles. The summed E-state index contributed by atoms with van der Waals surface area (Å²) in [7, 11) is 1.41. The molecule has 0 radical (unpaired) electrons. The predicted molar refractivity (Wildman–Crippen MR) is 108 cm³/mol. The topological polar surface area (TPSA) is 50.8 Å². The number of hydrogen-bond acceptors (Lipinski definition) is 4. The Kier molecular flexibility index (Phi) is 6.47. The Balaban J connectivity index is 1.73. The molecule has 3 rings (SSSR count). The molecule has 1 fully saturated rings. The third kappa shape index (κ3) is 5.08. The van der Waals surface area contributed by atoms with Crippen LogP contribution in [0.2, 0.25) is 0 Å². The molecule has 0 unspecified atom stereocenters. The SMILES string of the molecule is COc1ccc(C=CC(=O)Nc2cc(Br)ccc2N2CCOCC2)cc1F. The average Bonchev–Trinajstić information content (AvgIpc) is 2.67. The first kappa shape index (κ1) is 19.4. The molecule has 7 heteroatoms. The number of carbonyl (C=O) groups excluding carboxylic acids is 1. The molecule has 0 atom stereocenters. The van der Waals surface area contributed by atoms with E-state index in [0.717, 1.165) is 23.2 Å². The van der Waals surface area contributed by atoms with Crippen LogP contribution in [0.1, 0.15) is 5.56 Å². The Labute approximate surface area is 165 Å². The van der Waals surface area contributed by atoms with Crippen LogP contribution >= 0.6 is 15.9 Å². The number of rotatable bonds is 5. The molecule has 142 valence electrons. The number of nitrogens with one attached hydrogen (secondary N) is 1. The minimum atomic E-state index is -0.471. The summed E-state index contributed by atoms with van der Waals surface area (Å²) in [5.41, 5.74) is 2.23. The Morgan fingerprint density at radius 1 is 1.26 bits per heavy atom. The van der Waals surface area contributed by atoms with Gasteiger partial charge in [-0.1, -0.05) is 22.0 Å². The van der Waals surface area contributed by atoms with E-state index in [1.165, 1.54) is 25.3 Å². The molecule has 5 nitrogen and oxygen atoms in total. The van der Waals surface area contributed by atoms with Crippen molar-refractivity contribution >= 4 is 39.3 Å². The molecule has 0 bridgehead atoms.